The van der Waals surface area contributed by atoms with Crippen molar-refractivity contribution >= 4 is 35.0 Å². The van der Waals surface area contributed by atoms with E-state index in [1.165, 1.54) is 4.90 Å². The third kappa shape index (κ3) is 3.45. The number of nitrogens with zero attached hydrogens (tertiary/aromatic N) is 3. The number of benzene rings is 1. The molecule has 0 aliphatic carbocycles. The second kappa shape index (κ2) is 8.71. The summed E-state index contributed by atoms with van der Waals surface area (Å²) in [4.78, 5) is 46.9. The molecule has 0 aromatic heterocycles. The van der Waals surface area contributed by atoms with E-state index >= 15 is 0 Å². The van der Waals surface area contributed by atoms with E-state index in [0.29, 0.717) is 17.3 Å². The van der Waals surface area contributed by atoms with Crippen molar-refractivity contribution in [2.45, 2.75) is 44.1 Å². The van der Waals surface area contributed by atoms with E-state index < -0.39 is 35.1 Å². The van der Waals surface area contributed by atoms with Crippen molar-refractivity contribution in [3.63, 3.8) is 0 Å². The molecule has 1 N–H and O–H groups in total. The van der Waals surface area contributed by atoms with Crippen LogP contribution in [0.3, 0.4) is 0 Å². The number of likely N-dealkylation sites (tertiary alicyclic amines) is 1. The van der Waals surface area contributed by atoms with Gasteiger partial charge < -0.3 is 24.5 Å². The van der Waals surface area contributed by atoms with E-state index in [1.807, 2.05) is 45.1 Å². The fourth-order valence-electron chi connectivity index (χ4n) is 6.41. The maximum atomic E-state index is 14.4. The normalized spacial score (nSPS) is 34.6. The lowest BCUT2D eigenvalue weighted by atomic mass is 9.74. The number of carbonyl (C=O) groups excluding carboxylic acids is 3. The van der Waals surface area contributed by atoms with Crippen LogP contribution >= 0.6 is 11.6 Å². The van der Waals surface area contributed by atoms with Gasteiger partial charge in [0, 0.05) is 30.8 Å². The fourth-order valence-corrected chi connectivity index (χ4v) is 6.54. The first-order valence-corrected chi connectivity index (χ1v) is 12.7. The summed E-state index contributed by atoms with van der Waals surface area (Å²) in [5.74, 6) is -2.67. The van der Waals surface area contributed by atoms with Gasteiger partial charge in [-0.05, 0) is 37.1 Å². The number of aliphatic hydroxyl groups is 1. The Bertz CT molecular complexity index is 1150. The zero-order valence-corrected chi connectivity index (χ0v) is 21.7. The summed E-state index contributed by atoms with van der Waals surface area (Å²) in [5.41, 5.74) is -1.77. The van der Waals surface area contributed by atoms with Crippen LogP contribution in [0.4, 0.5) is 5.69 Å². The minimum Gasteiger partial charge on any atom is -0.394 e. The van der Waals surface area contributed by atoms with Crippen molar-refractivity contribution in [2.24, 2.45) is 17.8 Å². The summed E-state index contributed by atoms with van der Waals surface area (Å²) in [6.07, 6.45) is 7.38. The average molecular weight is 514 g/mol. The number of likely N-dealkylation sites (N-methyl/N-ethyl adjacent to an activating group) is 1. The summed E-state index contributed by atoms with van der Waals surface area (Å²) in [7, 11) is 1.71. The van der Waals surface area contributed by atoms with E-state index in [9.17, 15) is 19.5 Å². The quantitative estimate of drug-likeness (QED) is 0.624. The van der Waals surface area contributed by atoms with Gasteiger partial charge in [-0.3, -0.25) is 14.4 Å². The first kappa shape index (κ1) is 25.0. The Balaban J connectivity index is 1.69. The Morgan fingerprint density at radius 2 is 1.69 bits per heavy atom. The largest absolute Gasteiger partial charge is 0.394 e. The highest BCUT2D eigenvalue weighted by Crippen LogP contribution is 2.58. The molecule has 36 heavy (non-hydrogen) atoms. The SMILES string of the molecule is CC(C)[C@H](CO)N1C(=O)[C@@H]2[C@H]3C(=O)N(C)CC=C[C@@]3(C)O[C@@]23C=CCN(c2ccc(Cl)cc2)C(=O)C13. The Labute approximate surface area is 216 Å². The molecule has 1 spiro atoms. The van der Waals surface area contributed by atoms with Gasteiger partial charge in [0.25, 0.3) is 5.91 Å². The van der Waals surface area contributed by atoms with Crippen molar-refractivity contribution in [3.8, 4) is 0 Å². The summed E-state index contributed by atoms with van der Waals surface area (Å²) < 4.78 is 6.76. The Morgan fingerprint density at radius 3 is 2.33 bits per heavy atom. The van der Waals surface area contributed by atoms with Crippen LogP contribution in [0.2, 0.25) is 5.02 Å². The van der Waals surface area contributed by atoms with Gasteiger partial charge in [0.2, 0.25) is 11.8 Å². The lowest BCUT2D eigenvalue weighted by molar-refractivity contribution is -0.151. The Hall–Kier alpha value is -2.68. The van der Waals surface area contributed by atoms with Crippen molar-refractivity contribution in [1.29, 1.82) is 0 Å². The third-order valence-corrected chi connectivity index (χ3v) is 8.40. The van der Waals surface area contributed by atoms with E-state index in [0.717, 1.165) is 0 Å². The zero-order valence-electron chi connectivity index (χ0n) is 20.9. The van der Waals surface area contributed by atoms with Gasteiger partial charge in [0.1, 0.15) is 11.6 Å². The molecule has 4 heterocycles. The number of halogens is 1. The fraction of sp³-hybridized carbons (Fsp3) is 0.519. The van der Waals surface area contributed by atoms with Gasteiger partial charge in [-0.25, -0.2) is 0 Å². The highest BCUT2D eigenvalue weighted by molar-refractivity contribution is 6.30. The molecule has 0 saturated carbocycles. The van der Waals surface area contributed by atoms with Crippen LogP contribution in [0.1, 0.15) is 20.8 Å². The van der Waals surface area contributed by atoms with Crippen molar-refractivity contribution in [3.05, 3.63) is 53.6 Å². The van der Waals surface area contributed by atoms with Gasteiger partial charge in [0.15, 0.2) is 0 Å². The third-order valence-electron chi connectivity index (χ3n) is 8.15. The van der Waals surface area contributed by atoms with Gasteiger partial charge in [-0.2, -0.15) is 0 Å². The monoisotopic (exact) mass is 513 g/mol. The molecule has 2 saturated heterocycles. The average Bonchev–Trinajstić information content (AvgIpc) is 3.10. The van der Waals surface area contributed by atoms with Crippen LogP contribution in [0.25, 0.3) is 0 Å². The number of ether oxygens (including phenoxy) is 1. The minimum atomic E-state index is -1.35. The summed E-state index contributed by atoms with van der Waals surface area (Å²) in [6, 6.07) is 5.29. The number of amides is 3. The first-order valence-electron chi connectivity index (χ1n) is 12.4. The number of anilines is 1. The highest BCUT2D eigenvalue weighted by atomic mass is 35.5. The number of carbonyl (C=O) groups is 3. The molecule has 1 aromatic rings. The molecule has 5 rings (SSSR count). The van der Waals surface area contributed by atoms with Gasteiger partial charge in [-0.1, -0.05) is 49.8 Å². The lowest BCUT2D eigenvalue weighted by Gasteiger charge is -2.41. The van der Waals surface area contributed by atoms with E-state index in [2.05, 4.69) is 0 Å². The number of rotatable bonds is 4. The van der Waals surface area contributed by atoms with Crippen LogP contribution < -0.4 is 4.90 Å². The van der Waals surface area contributed by atoms with Gasteiger partial charge in [0.05, 0.1) is 30.1 Å². The van der Waals surface area contributed by atoms with Gasteiger partial charge >= 0.3 is 0 Å². The number of hydrogen-bond donors (Lipinski definition) is 1. The molecule has 6 atom stereocenters. The topological polar surface area (TPSA) is 90.4 Å². The van der Waals surface area contributed by atoms with Crippen LogP contribution in [-0.4, -0.2) is 82.7 Å². The van der Waals surface area contributed by atoms with Crippen molar-refractivity contribution in [2.75, 3.05) is 31.6 Å². The Morgan fingerprint density at radius 1 is 1.03 bits per heavy atom. The molecule has 192 valence electrons. The molecule has 0 bridgehead atoms. The molecule has 8 nitrogen and oxygen atoms in total. The van der Waals surface area contributed by atoms with E-state index in [1.54, 1.807) is 41.1 Å². The van der Waals surface area contributed by atoms with Crippen molar-refractivity contribution in [1.82, 2.24) is 9.80 Å². The predicted octanol–water partition coefficient (Wildman–Crippen LogP) is 2.26. The Kier molecular flexibility index (Phi) is 6.05. The van der Waals surface area contributed by atoms with Crippen LogP contribution in [0, 0.1) is 17.8 Å². The first-order chi connectivity index (χ1) is 17.1. The van der Waals surface area contributed by atoms with Gasteiger partial charge in [-0.15, -0.1) is 0 Å². The maximum Gasteiger partial charge on any atom is 0.253 e. The second-order valence-electron chi connectivity index (χ2n) is 10.7. The second-order valence-corrected chi connectivity index (χ2v) is 11.1. The molecule has 9 heteroatoms. The summed E-state index contributed by atoms with van der Waals surface area (Å²) in [5, 5.41) is 10.9. The number of fused-ring (bicyclic) bond motifs is 2. The predicted molar refractivity (Wildman–Crippen MR) is 135 cm³/mol. The molecule has 1 unspecified atom stereocenters. The standard InChI is InChI=1S/C27H32ClN3O5/c1-16(2)19(15-32)31-22-25(35)30(18-9-7-17(28)8-10-18)14-6-12-27(22)21(24(31)34)20-23(33)29(4)13-5-11-26(20,3)36-27/h5-12,16,19-22,32H,13-15H2,1-4H3/t19-,20-,21-,22?,26+,27-/m0/s1. The van der Waals surface area contributed by atoms with Crippen LogP contribution in [0.5, 0.6) is 0 Å². The molecule has 2 fully saturated rings. The molecule has 0 radical (unpaired) electrons. The molecular formula is C27H32ClN3O5. The maximum absolute atomic E-state index is 14.4. The number of hydrogen-bond acceptors (Lipinski definition) is 5. The number of aliphatic hydroxyl groups excluding tert-OH is 1. The highest BCUT2D eigenvalue weighted by Gasteiger charge is 2.75. The smallest absolute Gasteiger partial charge is 0.253 e. The van der Waals surface area contributed by atoms with Crippen LogP contribution in [-0.2, 0) is 19.1 Å². The van der Waals surface area contributed by atoms with E-state index in [-0.39, 0.29) is 36.8 Å². The van der Waals surface area contributed by atoms with Crippen molar-refractivity contribution < 1.29 is 24.2 Å². The van der Waals surface area contributed by atoms with E-state index in [4.69, 9.17) is 16.3 Å². The minimum absolute atomic E-state index is 0.127. The molecule has 4 aliphatic heterocycles. The molecule has 4 aliphatic rings. The molecule has 1 aromatic carbocycles. The summed E-state index contributed by atoms with van der Waals surface area (Å²) in [6.45, 7) is 6.00. The summed E-state index contributed by atoms with van der Waals surface area (Å²) >= 11 is 6.08. The molecular weight excluding hydrogens is 482 g/mol. The molecule has 3 amide bonds. The van der Waals surface area contributed by atoms with Crippen LogP contribution in [0.15, 0.2) is 48.6 Å². The lowest BCUT2D eigenvalue weighted by Crippen LogP contribution is -2.59. The zero-order chi connectivity index (χ0) is 26.0.